The summed E-state index contributed by atoms with van der Waals surface area (Å²) in [6.07, 6.45) is 0. The van der Waals surface area contributed by atoms with Crippen molar-refractivity contribution >= 4 is 27.4 Å². The van der Waals surface area contributed by atoms with Crippen LogP contribution in [0.4, 0.5) is 0 Å². The van der Waals surface area contributed by atoms with Crippen LogP contribution >= 0.6 is 15.9 Å². The highest BCUT2D eigenvalue weighted by molar-refractivity contribution is 9.10. The Kier molecular flexibility index (Phi) is 4.82. The number of carbonyl (C=O) groups excluding carboxylic acids is 1. The summed E-state index contributed by atoms with van der Waals surface area (Å²) >= 11 is 3.52. The number of hydrogen-bond acceptors (Lipinski definition) is 2. The highest BCUT2D eigenvalue weighted by Crippen LogP contribution is 2.44. The maximum Gasteiger partial charge on any atom is 0.290 e. The van der Waals surface area contributed by atoms with E-state index in [4.69, 9.17) is 0 Å². The van der Waals surface area contributed by atoms with Crippen molar-refractivity contribution in [2.75, 3.05) is 0 Å². The summed E-state index contributed by atoms with van der Waals surface area (Å²) in [7, 11) is 0. The van der Waals surface area contributed by atoms with Gasteiger partial charge in [-0.1, -0.05) is 88.7 Å². The first-order chi connectivity index (χ1) is 13.1. The van der Waals surface area contributed by atoms with E-state index in [-0.39, 0.29) is 17.7 Å². The normalized spacial score (nSPS) is 16.9. The molecule has 0 radical (unpaired) electrons. The van der Waals surface area contributed by atoms with Crippen molar-refractivity contribution in [1.82, 2.24) is 4.90 Å². The van der Waals surface area contributed by atoms with Crippen molar-refractivity contribution in [2.24, 2.45) is 0 Å². The van der Waals surface area contributed by atoms with Crippen LogP contribution in [0.2, 0.25) is 0 Å². The van der Waals surface area contributed by atoms with Gasteiger partial charge in [-0.2, -0.15) is 0 Å². The number of aliphatic hydroxyl groups excluding tert-OH is 1. The van der Waals surface area contributed by atoms with Crippen molar-refractivity contribution in [3.63, 3.8) is 0 Å². The summed E-state index contributed by atoms with van der Waals surface area (Å²) < 4.78 is 0.936. The molecule has 0 saturated carbocycles. The molecule has 1 aliphatic heterocycles. The van der Waals surface area contributed by atoms with E-state index in [2.05, 4.69) is 15.9 Å². The van der Waals surface area contributed by atoms with Crippen molar-refractivity contribution in [3.05, 3.63) is 112 Å². The minimum atomic E-state index is -0.349. The molecular weight excluding hydrogens is 402 g/mol. The number of aliphatic hydroxyl groups is 1. The number of rotatable bonds is 4. The lowest BCUT2D eigenvalue weighted by Gasteiger charge is -2.27. The molecule has 0 spiro atoms. The maximum atomic E-state index is 13.0. The third-order valence-electron chi connectivity index (χ3n) is 4.75. The number of carbonyl (C=O) groups is 1. The van der Waals surface area contributed by atoms with Crippen LogP contribution in [0.1, 0.15) is 22.7 Å². The second kappa shape index (κ2) is 7.41. The molecular formula is C23H18BrNO2. The van der Waals surface area contributed by atoms with Crippen LogP contribution in [0.25, 0.3) is 5.57 Å². The van der Waals surface area contributed by atoms with Crippen LogP contribution in [0.3, 0.4) is 0 Å². The monoisotopic (exact) mass is 419 g/mol. The first kappa shape index (κ1) is 17.6. The highest BCUT2D eigenvalue weighted by Gasteiger charge is 2.40. The minimum Gasteiger partial charge on any atom is -0.503 e. The van der Waals surface area contributed by atoms with Gasteiger partial charge in [-0.25, -0.2) is 0 Å². The van der Waals surface area contributed by atoms with Gasteiger partial charge in [-0.15, -0.1) is 0 Å². The van der Waals surface area contributed by atoms with Crippen molar-refractivity contribution in [1.29, 1.82) is 0 Å². The van der Waals surface area contributed by atoms with Gasteiger partial charge >= 0.3 is 0 Å². The Hall–Kier alpha value is -2.85. The molecule has 4 rings (SSSR count). The van der Waals surface area contributed by atoms with Gasteiger partial charge in [-0.3, -0.25) is 4.79 Å². The summed E-state index contributed by atoms with van der Waals surface area (Å²) in [6.45, 7) is 0.428. The lowest BCUT2D eigenvalue weighted by atomic mass is 9.93. The van der Waals surface area contributed by atoms with Crippen molar-refractivity contribution in [3.8, 4) is 0 Å². The Morgan fingerprint density at radius 3 is 2.22 bits per heavy atom. The largest absolute Gasteiger partial charge is 0.503 e. The molecule has 1 amide bonds. The fourth-order valence-electron chi connectivity index (χ4n) is 3.53. The summed E-state index contributed by atoms with van der Waals surface area (Å²) in [4.78, 5) is 14.7. The van der Waals surface area contributed by atoms with Gasteiger partial charge in [0.1, 0.15) is 0 Å². The molecule has 0 bridgehead atoms. The zero-order valence-corrected chi connectivity index (χ0v) is 16.1. The molecule has 4 heteroatoms. The fourth-order valence-corrected chi connectivity index (χ4v) is 3.95. The summed E-state index contributed by atoms with van der Waals surface area (Å²) in [5, 5.41) is 10.7. The minimum absolute atomic E-state index is 0.179. The molecule has 3 aromatic carbocycles. The molecule has 27 heavy (non-hydrogen) atoms. The zero-order chi connectivity index (χ0) is 18.8. The van der Waals surface area contributed by atoms with Crippen LogP contribution in [0.15, 0.2) is 95.2 Å². The summed E-state index contributed by atoms with van der Waals surface area (Å²) in [6, 6.07) is 27.0. The Balaban J connectivity index is 1.83. The number of benzene rings is 3. The van der Waals surface area contributed by atoms with E-state index in [1.807, 2.05) is 84.9 Å². The average Bonchev–Trinajstić information content (AvgIpc) is 2.94. The Morgan fingerprint density at radius 2 is 1.56 bits per heavy atom. The Bertz CT molecular complexity index is 999. The maximum absolute atomic E-state index is 13.0. The van der Waals surface area contributed by atoms with Gasteiger partial charge in [0, 0.05) is 16.6 Å². The van der Waals surface area contributed by atoms with E-state index in [0.717, 1.165) is 21.2 Å². The predicted molar refractivity (Wildman–Crippen MR) is 110 cm³/mol. The fraction of sp³-hybridized carbons (Fsp3) is 0.0870. The Labute approximate surface area is 166 Å². The summed E-state index contributed by atoms with van der Waals surface area (Å²) in [5.74, 6) is -0.523. The van der Waals surface area contributed by atoms with E-state index in [1.54, 1.807) is 4.90 Å². The second-order valence-corrected chi connectivity index (χ2v) is 7.42. The van der Waals surface area contributed by atoms with Crippen LogP contribution in [-0.4, -0.2) is 15.9 Å². The molecule has 0 saturated heterocycles. The quantitative estimate of drug-likeness (QED) is 0.606. The van der Waals surface area contributed by atoms with E-state index in [0.29, 0.717) is 12.1 Å². The predicted octanol–water partition coefficient (Wildman–Crippen LogP) is 5.50. The molecule has 1 atom stereocenters. The Morgan fingerprint density at radius 1 is 0.889 bits per heavy atom. The van der Waals surface area contributed by atoms with E-state index in [1.165, 1.54) is 0 Å². The molecule has 1 unspecified atom stereocenters. The molecule has 1 aliphatic rings. The van der Waals surface area contributed by atoms with Crippen molar-refractivity contribution in [2.45, 2.75) is 12.6 Å². The third-order valence-corrected chi connectivity index (χ3v) is 5.24. The smallest absolute Gasteiger partial charge is 0.290 e. The standard InChI is InChI=1S/C23H18BrNO2/c24-19-13-7-12-18(14-19)21-20(17-10-5-2-6-11-17)22(26)23(27)25(21)15-16-8-3-1-4-9-16/h1-14,21,26H,15H2. The number of amides is 1. The lowest BCUT2D eigenvalue weighted by Crippen LogP contribution is -2.29. The molecule has 1 N–H and O–H groups in total. The van der Waals surface area contributed by atoms with Crippen LogP contribution in [0.5, 0.6) is 0 Å². The highest BCUT2D eigenvalue weighted by atomic mass is 79.9. The molecule has 0 aromatic heterocycles. The van der Waals surface area contributed by atoms with Gasteiger partial charge < -0.3 is 10.0 Å². The topological polar surface area (TPSA) is 40.5 Å². The molecule has 1 heterocycles. The average molecular weight is 420 g/mol. The van der Waals surface area contributed by atoms with Gasteiger partial charge in [0.2, 0.25) is 0 Å². The number of hydrogen-bond donors (Lipinski definition) is 1. The molecule has 0 fully saturated rings. The number of nitrogens with zero attached hydrogens (tertiary/aromatic N) is 1. The number of halogens is 1. The van der Waals surface area contributed by atoms with E-state index < -0.39 is 0 Å². The first-order valence-corrected chi connectivity index (χ1v) is 9.53. The summed E-state index contributed by atoms with van der Waals surface area (Å²) in [5.41, 5.74) is 3.48. The van der Waals surface area contributed by atoms with Crippen LogP contribution in [0, 0.1) is 0 Å². The zero-order valence-electron chi connectivity index (χ0n) is 14.5. The third kappa shape index (κ3) is 3.40. The molecule has 134 valence electrons. The SMILES string of the molecule is O=C1C(O)=C(c2ccccc2)C(c2cccc(Br)c2)N1Cc1ccccc1. The molecule has 0 aliphatic carbocycles. The van der Waals surface area contributed by atoms with Crippen LogP contribution < -0.4 is 0 Å². The van der Waals surface area contributed by atoms with E-state index >= 15 is 0 Å². The van der Waals surface area contributed by atoms with Gasteiger partial charge in [0.25, 0.3) is 5.91 Å². The van der Waals surface area contributed by atoms with Gasteiger partial charge in [-0.05, 0) is 28.8 Å². The lowest BCUT2D eigenvalue weighted by molar-refractivity contribution is -0.130. The van der Waals surface area contributed by atoms with Gasteiger partial charge in [0.15, 0.2) is 5.76 Å². The van der Waals surface area contributed by atoms with Crippen molar-refractivity contribution < 1.29 is 9.90 Å². The molecule has 3 nitrogen and oxygen atoms in total. The first-order valence-electron chi connectivity index (χ1n) is 8.74. The molecule has 3 aromatic rings. The second-order valence-electron chi connectivity index (χ2n) is 6.50. The van der Waals surface area contributed by atoms with Crippen LogP contribution in [-0.2, 0) is 11.3 Å². The van der Waals surface area contributed by atoms with Gasteiger partial charge in [0.05, 0.1) is 6.04 Å². The van der Waals surface area contributed by atoms with E-state index in [9.17, 15) is 9.90 Å².